The fourth-order valence-corrected chi connectivity index (χ4v) is 2.41. The Morgan fingerprint density at radius 3 is 3.15 bits per heavy atom. The number of benzene rings is 1. The Hall–Kier alpha value is -2.43. The standard InChI is InChI=1S/C15H17N5/c1-2-9-16-14-11-17-19-15(18-14)20-10-5-7-12-6-3-4-8-13(12)20/h2-4,6,8,11H,1,5,7,9-10H2,(H,16,18,19). The molecule has 0 radical (unpaired) electrons. The lowest BCUT2D eigenvalue weighted by Crippen LogP contribution is -2.26. The third kappa shape index (κ3) is 2.47. The fourth-order valence-electron chi connectivity index (χ4n) is 2.41. The summed E-state index contributed by atoms with van der Waals surface area (Å²) in [6, 6.07) is 8.39. The van der Waals surface area contributed by atoms with Crippen molar-refractivity contribution in [2.45, 2.75) is 12.8 Å². The van der Waals surface area contributed by atoms with Crippen LogP contribution in [0.5, 0.6) is 0 Å². The van der Waals surface area contributed by atoms with E-state index in [0.29, 0.717) is 12.5 Å². The number of nitrogens with zero attached hydrogens (tertiary/aromatic N) is 4. The van der Waals surface area contributed by atoms with Crippen LogP contribution in [0.15, 0.2) is 43.1 Å². The maximum Gasteiger partial charge on any atom is 0.251 e. The third-order valence-corrected chi connectivity index (χ3v) is 3.33. The summed E-state index contributed by atoms with van der Waals surface area (Å²) in [5.74, 6) is 1.36. The highest BCUT2D eigenvalue weighted by atomic mass is 15.3. The molecule has 2 heterocycles. The summed E-state index contributed by atoms with van der Waals surface area (Å²) >= 11 is 0. The molecule has 5 heteroatoms. The van der Waals surface area contributed by atoms with Gasteiger partial charge in [-0.25, -0.2) is 0 Å². The van der Waals surface area contributed by atoms with Crippen LogP contribution in [0, 0.1) is 0 Å². The fraction of sp³-hybridized carbons (Fsp3) is 0.267. The van der Waals surface area contributed by atoms with Gasteiger partial charge in [-0.05, 0) is 24.5 Å². The molecule has 0 atom stereocenters. The zero-order valence-corrected chi connectivity index (χ0v) is 11.3. The summed E-state index contributed by atoms with van der Waals surface area (Å²) in [7, 11) is 0. The molecule has 0 amide bonds. The first kappa shape index (κ1) is 12.6. The molecule has 0 fully saturated rings. The molecule has 0 aliphatic carbocycles. The van der Waals surface area contributed by atoms with Gasteiger partial charge in [0.05, 0.1) is 6.20 Å². The molecular weight excluding hydrogens is 250 g/mol. The van der Waals surface area contributed by atoms with E-state index in [-0.39, 0.29) is 0 Å². The SMILES string of the molecule is C=CCNc1cnnc(N2CCCc3ccccc32)n1. The molecule has 20 heavy (non-hydrogen) atoms. The highest BCUT2D eigenvalue weighted by molar-refractivity contribution is 5.63. The zero-order chi connectivity index (χ0) is 13.8. The van der Waals surface area contributed by atoms with Crippen LogP contribution in [0.4, 0.5) is 17.5 Å². The van der Waals surface area contributed by atoms with E-state index in [9.17, 15) is 0 Å². The Balaban J connectivity index is 1.92. The molecule has 1 aromatic carbocycles. The van der Waals surface area contributed by atoms with Crippen molar-refractivity contribution in [2.75, 3.05) is 23.3 Å². The van der Waals surface area contributed by atoms with Gasteiger partial charge < -0.3 is 10.2 Å². The molecule has 2 aromatic rings. The van der Waals surface area contributed by atoms with Gasteiger partial charge in [0, 0.05) is 18.8 Å². The van der Waals surface area contributed by atoms with Crippen LogP contribution in [0.25, 0.3) is 0 Å². The second kappa shape index (κ2) is 5.69. The van der Waals surface area contributed by atoms with E-state index in [0.717, 1.165) is 25.2 Å². The quantitative estimate of drug-likeness (QED) is 0.863. The van der Waals surface area contributed by atoms with Gasteiger partial charge in [0.15, 0.2) is 5.82 Å². The summed E-state index contributed by atoms with van der Waals surface area (Å²) in [5.41, 5.74) is 2.52. The van der Waals surface area contributed by atoms with E-state index < -0.39 is 0 Å². The first-order valence-corrected chi connectivity index (χ1v) is 6.78. The molecule has 0 unspecified atom stereocenters. The summed E-state index contributed by atoms with van der Waals surface area (Å²) in [4.78, 5) is 6.66. The molecular formula is C15H17N5. The zero-order valence-electron chi connectivity index (χ0n) is 11.3. The molecule has 1 aromatic heterocycles. The molecule has 0 saturated heterocycles. The van der Waals surface area contributed by atoms with Crippen molar-refractivity contribution in [1.82, 2.24) is 15.2 Å². The van der Waals surface area contributed by atoms with Crippen LogP contribution in [-0.2, 0) is 6.42 Å². The predicted octanol–water partition coefficient (Wildman–Crippen LogP) is 2.55. The monoisotopic (exact) mass is 267 g/mol. The Bertz CT molecular complexity index is 611. The van der Waals surface area contributed by atoms with Gasteiger partial charge in [-0.1, -0.05) is 24.3 Å². The minimum Gasteiger partial charge on any atom is -0.365 e. The number of fused-ring (bicyclic) bond motifs is 1. The Labute approximate surface area is 118 Å². The van der Waals surface area contributed by atoms with Gasteiger partial charge in [-0.2, -0.15) is 10.1 Å². The highest BCUT2D eigenvalue weighted by Crippen LogP contribution is 2.31. The summed E-state index contributed by atoms with van der Waals surface area (Å²) in [6.07, 6.45) is 5.63. The molecule has 3 rings (SSSR count). The lowest BCUT2D eigenvalue weighted by Gasteiger charge is -2.29. The number of hydrogen-bond donors (Lipinski definition) is 1. The highest BCUT2D eigenvalue weighted by Gasteiger charge is 2.20. The average Bonchev–Trinajstić information content (AvgIpc) is 2.52. The van der Waals surface area contributed by atoms with Gasteiger partial charge in [0.2, 0.25) is 0 Å². The number of anilines is 3. The molecule has 0 saturated carbocycles. The van der Waals surface area contributed by atoms with Crippen molar-refractivity contribution in [2.24, 2.45) is 0 Å². The largest absolute Gasteiger partial charge is 0.365 e. The molecule has 1 aliphatic heterocycles. The summed E-state index contributed by atoms with van der Waals surface area (Å²) in [6.45, 7) is 5.26. The van der Waals surface area contributed by atoms with Crippen LogP contribution in [0.2, 0.25) is 0 Å². The smallest absolute Gasteiger partial charge is 0.251 e. The number of aromatic nitrogens is 3. The number of rotatable bonds is 4. The lowest BCUT2D eigenvalue weighted by atomic mass is 10.0. The molecule has 0 spiro atoms. The lowest BCUT2D eigenvalue weighted by molar-refractivity contribution is 0.741. The minimum atomic E-state index is 0.645. The minimum absolute atomic E-state index is 0.645. The number of nitrogens with one attached hydrogen (secondary N) is 1. The van der Waals surface area contributed by atoms with Crippen molar-refractivity contribution in [3.63, 3.8) is 0 Å². The number of hydrogen-bond acceptors (Lipinski definition) is 5. The van der Waals surface area contributed by atoms with Gasteiger partial charge in [-0.15, -0.1) is 11.7 Å². The predicted molar refractivity (Wildman–Crippen MR) is 80.3 cm³/mol. The molecule has 0 bridgehead atoms. The van der Waals surface area contributed by atoms with Gasteiger partial charge in [0.1, 0.15) is 0 Å². The second-order valence-corrected chi connectivity index (χ2v) is 4.70. The molecule has 1 aliphatic rings. The van der Waals surface area contributed by atoms with Crippen molar-refractivity contribution in [3.8, 4) is 0 Å². The van der Waals surface area contributed by atoms with E-state index in [1.165, 1.54) is 11.3 Å². The number of para-hydroxylation sites is 1. The van der Waals surface area contributed by atoms with Gasteiger partial charge in [-0.3, -0.25) is 0 Å². The number of aryl methyl sites for hydroxylation is 1. The third-order valence-electron chi connectivity index (χ3n) is 3.33. The van der Waals surface area contributed by atoms with E-state index in [4.69, 9.17) is 0 Å². The van der Waals surface area contributed by atoms with Crippen molar-refractivity contribution >= 4 is 17.5 Å². The van der Waals surface area contributed by atoms with Crippen molar-refractivity contribution in [1.29, 1.82) is 0 Å². The van der Waals surface area contributed by atoms with Crippen LogP contribution < -0.4 is 10.2 Å². The second-order valence-electron chi connectivity index (χ2n) is 4.70. The van der Waals surface area contributed by atoms with Gasteiger partial charge >= 0.3 is 0 Å². The maximum atomic E-state index is 4.53. The first-order chi connectivity index (χ1) is 9.88. The molecule has 1 N–H and O–H groups in total. The average molecular weight is 267 g/mol. The van der Waals surface area contributed by atoms with Crippen molar-refractivity contribution in [3.05, 3.63) is 48.7 Å². The van der Waals surface area contributed by atoms with Crippen LogP contribution in [-0.4, -0.2) is 28.3 Å². The van der Waals surface area contributed by atoms with Crippen LogP contribution >= 0.6 is 0 Å². The molecule has 102 valence electrons. The normalized spacial score (nSPS) is 13.7. The Morgan fingerprint density at radius 1 is 1.35 bits per heavy atom. The van der Waals surface area contributed by atoms with E-state index in [1.54, 1.807) is 12.3 Å². The van der Waals surface area contributed by atoms with Crippen LogP contribution in [0.1, 0.15) is 12.0 Å². The van der Waals surface area contributed by atoms with Gasteiger partial charge in [0.25, 0.3) is 5.95 Å². The Kier molecular flexibility index (Phi) is 3.58. The van der Waals surface area contributed by atoms with E-state index in [1.807, 2.05) is 6.07 Å². The maximum absolute atomic E-state index is 4.53. The van der Waals surface area contributed by atoms with E-state index in [2.05, 4.69) is 50.2 Å². The topological polar surface area (TPSA) is 53.9 Å². The van der Waals surface area contributed by atoms with Crippen molar-refractivity contribution < 1.29 is 0 Å². The van der Waals surface area contributed by atoms with Crippen LogP contribution in [0.3, 0.4) is 0 Å². The summed E-state index contributed by atoms with van der Waals surface area (Å²) in [5, 5.41) is 11.3. The molecule has 5 nitrogen and oxygen atoms in total. The van der Waals surface area contributed by atoms with E-state index >= 15 is 0 Å². The summed E-state index contributed by atoms with van der Waals surface area (Å²) < 4.78 is 0. The first-order valence-electron chi connectivity index (χ1n) is 6.78. The Morgan fingerprint density at radius 2 is 2.25 bits per heavy atom.